The van der Waals surface area contributed by atoms with Crippen LogP contribution in [0.3, 0.4) is 0 Å². The fourth-order valence-electron chi connectivity index (χ4n) is 3.21. The molecule has 0 spiro atoms. The Hall–Kier alpha value is -1.26. The Morgan fingerprint density at radius 2 is 2.21 bits per heavy atom. The lowest BCUT2D eigenvalue weighted by molar-refractivity contribution is 0.141. The molecule has 1 saturated heterocycles. The van der Waals surface area contributed by atoms with Crippen LogP contribution in [0.2, 0.25) is 5.02 Å². The molecule has 1 aliphatic rings. The number of benzene rings is 1. The first-order chi connectivity index (χ1) is 11.6. The van der Waals surface area contributed by atoms with Crippen LogP contribution < -0.4 is 10.6 Å². The van der Waals surface area contributed by atoms with Gasteiger partial charge in [-0.3, -0.25) is 4.99 Å². The third-order valence-electron chi connectivity index (χ3n) is 4.66. The van der Waals surface area contributed by atoms with Crippen LogP contribution in [0.25, 0.3) is 0 Å². The van der Waals surface area contributed by atoms with Crippen LogP contribution in [0.5, 0.6) is 0 Å². The third kappa shape index (κ3) is 6.33. The topological polar surface area (TPSA) is 39.7 Å². The molecule has 1 aliphatic heterocycles. The van der Waals surface area contributed by atoms with Gasteiger partial charge in [0.25, 0.3) is 0 Å². The quantitative estimate of drug-likeness (QED) is 0.611. The molecule has 1 fully saturated rings. The standard InChI is InChI=1S/C19H31ClN4/c1-15(2)24-11-5-7-17(14-24)13-23-19(21-3)22-10-9-16-6-4-8-18(20)12-16/h4,6,8,12,15,17H,5,7,9-11,13-14H2,1-3H3,(H2,21,22,23). The minimum absolute atomic E-state index is 0.642. The van der Waals surface area contributed by atoms with Gasteiger partial charge in [0.1, 0.15) is 0 Å². The van der Waals surface area contributed by atoms with Crippen LogP contribution in [-0.4, -0.2) is 50.1 Å². The van der Waals surface area contributed by atoms with E-state index in [1.54, 1.807) is 0 Å². The summed E-state index contributed by atoms with van der Waals surface area (Å²) in [5.74, 6) is 1.59. The summed E-state index contributed by atoms with van der Waals surface area (Å²) >= 11 is 6.02. The molecule has 1 atom stereocenters. The summed E-state index contributed by atoms with van der Waals surface area (Å²) in [5, 5.41) is 7.67. The summed E-state index contributed by atoms with van der Waals surface area (Å²) in [4.78, 5) is 6.90. The number of guanidine groups is 1. The number of hydrogen-bond acceptors (Lipinski definition) is 2. The van der Waals surface area contributed by atoms with Crippen molar-refractivity contribution in [2.45, 2.75) is 39.2 Å². The molecule has 0 saturated carbocycles. The molecule has 4 nitrogen and oxygen atoms in total. The van der Waals surface area contributed by atoms with Gasteiger partial charge >= 0.3 is 0 Å². The van der Waals surface area contributed by atoms with Crippen LogP contribution in [0.4, 0.5) is 0 Å². The van der Waals surface area contributed by atoms with Crippen molar-refractivity contribution in [2.75, 3.05) is 33.2 Å². The van der Waals surface area contributed by atoms with Crippen LogP contribution in [0.15, 0.2) is 29.3 Å². The Balaban J connectivity index is 1.70. The van der Waals surface area contributed by atoms with Crippen LogP contribution in [0.1, 0.15) is 32.3 Å². The van der Waals surface area contributed by atoms with Crippen LogP contribution in [-0.2, 0) is 6.42 Å². The first-order valence-corrected chi connectivity index (χ1v) is 9.39. The lowest BCUT2D eigenvalue weighted by Crippen LogP contribution is -2.46. The van der Waals surface area contributed by atoms with Crippen molar-refractivity contribution in [3.05, 3.63) is 34.9 Å². The van der Waals surface area contributed by atoms with Gasteiger partial charge in [-0.1, -0.05) is 23.7 Å². The number of aliphatic imine (C=N–C) groups is 1. The van der Waals surface area contributed by atoms with Crippen molar-refractivity contribution in [1.82, 2.24) is 15.5 Å². The first kappa shape index (κ1) is 19.1. The van der Waals surface area contributed by atoms with Gasteiger partial charge in [0.2, 0.25) is 0 Å². The zero-order valence-corrected chi connectivity index (χ0v) is 15.9. The average Bonchev–Trinajstić information content (AvgIpc) is 2.58. The number of halogens is 1. The second kappa shape index (κ2) is 9.90. The largest absolute Gasteiger partial charge is 0.356 e. The highest BCUT2D eigenvalue weighted by Crippen LogP contribution is 2.17. The Kier molecular flexibility index (Phi) is 7.86. The predicted molar refractivity (Wildman–Crippen MR) is 104 cm³/mol. The van der Waals surface area contributed by atoms with E-state index in [9.17, 15) is 0 Å². The van der Waals surface area contributed by atoms with E-state index < -0.39 is 0 Å². The van der Waals surface area contributed by atoms with E-state index in [0.717, 1.165) is 30.5 Å². The molecule has 134 valence electrons. The van der Waals surface area contributed by atoms with E-state index in [0.29, 0.717) is 12.0 Å². The second-order valence-electron chi connectivity index (χ2n) is 6.86. The molecule has 5 heteroatoms. The molecule has 2 N–H and O–H groups in total. The molecule has 1 heterocycles. The van der Waals surface area contributed by atoms with Crippen molar-refractivity contribution in [1.29, 1.82) is 0 Å². The summed E-state index contributed by atoms with van der Waals surface area (Å²) < 4.78 is 0. The van der Waals surface area contributed by atoms with E-state index in [1.165, 1.54) is 31.5 Å². The van der Waals surface area contributed by atoms with Gasteiger partial charge in [-0.25, -0.2) is 0 Å². The maximum Gasteiger partial charge on any atom is 0.190 e. The van der Waals surface area contributed by atoms with Gasteiger partial charge in [-0.2, -0.15) is 0 Å². The predicted octanol–water partition coefficient (Wildman–Crippen LogP) is 3.17. The Labute approximate surface area is 151 Å². The van der Waals surface area contributed by atoms with Gasteiger partial charge in [0.05, 0.1) is 0 Å². The van der Waals surface area contributed by atoms with Gasteiger partial charge in [-0.15, -0.1) is 0 Å². The van der Waals surface area contributed by atoms with Gasteiger partial charge in [-0.05, 0) is 63.3 Å². The molecule has 2 rings (SSSR count). The summed E-state index contributed by atoms with van der Waals surface area (Å²) in [6.07, 6.45) is 3.53. The van der Waals surface area contributed by atoms with E-state index >= 15 is 0 Å². The average molecular weight is 351 g/mol. The zero-order valence-electron chi connectivity index (χ0n) is 15.2. The molecule has 0 amide bonds. The van der Waals surface area contributed by atoms with Crippen LogP contribution in [0, 0.1) is 5.92 Å². The van der Waals surface area contributed by atoms with E-state index in [2.05, 4.69) is 40.4 Å². The monoisotopic (exact) mass is 350 g/mol. The Bertz CT molecular complexity index is 530. The molecule has 1 aromatic rings. The first-order valence-electron chi connectivity index (χ1n) is 9.01. The molecule has 24 heavy (non-hydrogen) atoms. The number of piperidine rings is 1. The van der Waals surface area contributed by atoms with Crippen molar-refractivity contribution in [3.63, 3.8) is 0 Å². The zero-order chi connectivity index (χ0) is 17.4. The number of rotatable bonds is 6. The van der Waals surface area contributed by atoms with Crippen molar-refractivity contribution < 1.29 is 0 Å². The number of nitrogens with one attached hydrogen (secondary N) is 2. The van der Waals surface area contributed by atoms with E-state index in [4.69, 9.17) is 11.6 Å². The minimum atomic E-state index is 0.642. The minimum Gasteiger partial charge on any atom is -0.356 e. The van der Waals surface area contributed by atoms with Gasteiger partial charge in [0.15, 0.2) is 5.96 Å². The van der Waals surface area contributed by atoms with Crippen molar-refractivity contribution >= 4 is 17.6 Å². The normalized spacial score (nSPS) is 19.5. The lowest BCUT2D eigenvalue weighted by Gasteiger charge is -2.35. The Morgan fingerprint density at radius 1 is 1.38 bits per heavy atom. The molecular formula is C19H31ClN4. The second-order valence-corrected chi connectivity index (χ2v) is 7.29. The summed E-state index contributed by atoms with van der Waals surface area (Å²) in [6, 6.07) is 8.66. The maximum atomic E-state index is 6.02. The number of likely N-dealkylation sites (tertiary alicyclic amines) is 1. The molecule has 0 aliphatic carbocycles. The molecule has 1 aromatic carbocycles. The molecule has 1 unspecified atom stereocenters. The smallest absolute Gasteiger partial charge is 0.190 e. The fourth-order valence-corrected chi connectivity index (χ4v) is 3.43. The molecule has 0 radical (unpaired) electrons. The fraction of sp³-hybridized carbons (Fsp3) is 0.632. The Morgan fingerprint density at radius 3 is 2.92 bits per heavy atom. The highest BCUT2D eigenvalue weighted by Gasteiger charge is 2.21. The van der Waals surface area contributed by atoms with Gasteiger partial charge in [0, 0.05) is 37.7 Å². The van der Waals surface area contributed by atoms with E-state index in [-0.39, 0.29) is 0 Å². The molecule has 0 aromatic heterocycles. The summed E-state index contributed by atoms with van der Waals surface area (Å²) in [6.45, 7) is 8.83. The highest BCUT2D eigenvalue weighted by atomic mass is 35.5. The van der Waals surface area contributed by atoms with E-state index in [1.807, 2.05) is 25.2 Å². The number of hydrogen-bond donors (Lipinski definition) is 2. The van der Waals surface area contributed by atoms with Crippen molar-refractivity contribution in [2.24, 2.45) is 10.9 Å². The summed E-state index contributed by atoms with van der Waals surface area (Å²) in [5.41, 5.74) is 1.24. The SMILES string of the molecule is CN=C(NCCc1cccc(Cl)c1)NCC1CCCN(C(C)C)C1. The maximum absolute atomic E-state index is 6.02. The van der Waals surface area contributed by atoms with Crippen molar-refractivity contribution in [3.8, 4) is 0 Å². The third-order valence-corrected chi connectivity index (χ3v) is 4.89. The summed E-state index contributed by atoms with van der Waals surface area (Å²) in [7, 11) is 1.83. The molecular weight excluding hydrogens is 320 g/mol. The highest BCUT2D eigenvalue weighted by molar-refractivity contribution is 6.30. The van der Waals surface area contributed by atoms with Gasteiger partial charge < -0.3 is 15.5 Å². The lowest BCUT2D eigenvalue weighted by atomic mass is 9.97. The van der Waals surface area contributed by atoms with Crippen LogP contribution >= 0.6 is 11.6 Å². The molecule has 0 bridgehead atoms. The number of nitrogens with zero attached hydrogens (tertiary/aromatic N) is 2.